The lowest BCUT2D eigenvalue weighted by Crippen LogP contribution is -2.35. The molecule has 0 aliphatic carbocycles. The zero-order valence-electron chi connectivity index (χ0n) is 13.3. The number of nitriles is 1. The van der Waals surface area contributed by atoms with E-state index in [2.05, 4.69) is 58.1 Å². The van der Waals surface area contributed by atoms with Crippen LogP contribution in [0.2, 0.25) is 0 Å². The Morgan fingerprint density at radius 1 is 1.20 bits per heavy atom. The van der Waals surface area contributed by atoms with Crippen LogP contribution >= 0.6 is 0 Å². The lowest BCUT2D eigenvalue weighted by Gasteiger charge is -2.21. The van der Waals surface area contributed by atoms with Crippen LogP contribution in [0.4, 0.5) is 0 Å². The van der Waals surface area contributed by atoms with Gasteiger partial charge in [-0.25, -0.2) is 0 Å². The molecule has 0 bridgehead atoms. The second-order valence-electron chi connectivity index (χ2n) is 6.27. The van der Waals surface area contributed by atoms with E-state index >= 15 is 0 Å². The summed E-state index contributed by atoms with van der Waals surface area (Å²) >= 11 is 0. The molecule has 0 heterocycles. The molecular weight excluding hydrogens is 248 g/mol. The van der Waals surface area contributed by atoms with Gasteiger partial charge in [-0.2, -0.15) is 5.26 Å². The number of benzene rings is 1. The third-order valence-corrected chi connectivity index (χ3v) is 3.02. The largest absolute Gasteiger partial charge is 0.493 e. The molecule has 1 aromatic carbocycles. The number of nitrogens with one attached hydrogen (secondary N) is 1. The fourth-order valence-corrected chi connectivity index (χ4v) is 2.06. The van der Waals surface area contributed by atoms with Crippen LogP contribution in [-0.2, 0) is 6.54 Å². The Balaban J connectivity index is 2.69. The minimum atomic E-state index is 0.119. The molecule has 110 valence electrons. The number of hydrogen-bond donors (Lipinski definition) is 1. The quantitative estimate of drug-likeness (QED) is 0.801. The van der Waals surface area contributed by atoms with Crippen LogP contribution in [-0.4, -0.2) is 12.1 Å². The van der Waals surface area contributed by atoms with Crippen molar-refractivity contribution in [2.75, 3.05) is 6.61 Å². The van der Waals surface area contributed by atoms with Gasteiger partial charge < -0.3 is 10.1 Å². The second-order valence-corrected chi connectivity index (χ2v) is 6.27. The highest BCUT2D eigenvalue weighted by atomic mass is 16.5. The van der Waals surface area contributed by atoms with Crippen LogP contribution in [0.1, 0.15) is 50.3 Å². The van der Waals surface area contributed by atoms with Gasteiger partial charge in [-0.3, -0.25) is 0 Å². The number of nitrogens with zero attached hydrogens (tertiary/aromatic N) is 1. The lowest BCUT2D eigenvalue weighted by molar-refractivity contribution is 0.308. The summed E-state index contributed by atoms with van der Waals surface area (Å²) in [4.78, 5) is 0. The Kier molecular flexibility index (Phi) is 6.04. The average Bonchev–Trinajstić information content (AvgIpc) is 2.34. The van der Waals surface area contributed by atoms with Crippen molar-refractivity contribution in [1.82, 2.24) is 5.32 Å². The fourth-order valence-electron chi connectivity index (χ4n) is 2.06. The maximum atomic E-state index is 8.52. The van der Waals surface area contributed by atoms with Crippen molar-refractivity contribution >= 4 is 0 Å². The summed E-state index contributed by atoms with van der Waals surface area (Å²) in [6, 6.07) is 6.48. The molecule has 0 aromatic heterocycles. The number of aryl methyl sites for hydroxylation is 2. The zero-order chi connectivity index (χ0) is 15.2. The van der Waals surface area contributed by atoms with Gasteiger partial charge >= 0.3 is 0 Å². The Bertz CT molecular complexity index is 458. The Hall–Kier alpha value is -1.53. The van der Waals surface area contributed by atoms with Crippen molar-refractivity contribution in [3.63, 3.8) is 0 Å². The molecule has 3 heteroatoms. The van der Waals surface area contributed by atoms with E-state index in [-0.39, 0.29) is 5.54 Å². The molecule has 0 atom stereocenters. The predicted octanol–water partition coefficient (Wildman–Crippen LogP) is 3.87. The normalized spacial score (nSPS) is 11.2. The molecule has 0 saturated carbocycles. The van der Waals surface area contributed by atoms with Crippen molar-refractivity contribution < 1.29 is 4.74 Å². The number of hydrogen-bond acceptors (Lipinski definition) is 3. The first-order valence-electron chi connectivity index (χ1n) is 7.18. The number of unbranched alkanes of at least 4 members (excludes halogenated alkanes) is 1. The average molecular weight is 274 g/mol. The van der Waals surface area contributed by atoms with E-state index in [0.717, 1.165) is 29.8 Å². The van der Waals surface area contributed by atoms with Gasteiger partial charge in [-0.15, -0.1) is 0 Å². The van der Waals surface area contributed by atoms with Gasteiger partial charge in [-0.05, 0) is 57.7 Å². The van der Waals surface area contributed by atoms with Crippen molar-refractivity contribution in [2.45, 2.75) is 59.5 Å². The van der Waals surface area contributed by atoms with Crippen LogP contribution < -0.4 is 10.1 Å². The number of rotatable bonds is 6. The van der Waals surface area contributed by atoms with Crippen molar-refractivity contribution in [3.8, 4) is 11.8 Å². The highest BCUT2D eigenvalue weighted by Crippen LogP contribution is 2.25. The van der Waals surface area contributed by atoms with Crippen LogP contribution in [0.25, 0.3) is 0 Å². The highest BCUT2D eigenvalue weighted by molar-refractivity contribution is 5.43. The van der Waals surface area contributed by atoms with Gasteiger partial charge in [0.15, 0.2) is 0 Å². The van der Waals surface area contributed by atoms with Crippen LogP contribution in [0.15, 0.2) is 12.1 Å². The predicted molar refractivity (Wildman–Crippen MR) is 82.9 cm³/mol. The van der Waals surface area contributed by atoms with E-state index in [9.17, 15) is 0 Å². The lowest BCUT2D eigenvalue weighted by atomic mass is 10.0. The summed E-state index contributed by atoms with van der Waals surface area (Å²) in [6.45, 7) is 12.1. The molecule has 0 unspecified atom stereocenters. The minimum absolute atomic E-state index is 0.119. The standard InChI is InChI=1S/C17H26N2O/c1-13-10-15(12-19-17(3,4)5)11-14(2)16(13)20-9-7-6-8-18/h10-11,19H,6-7,9,12H2,1-5H3. The third kappa shape index (κ3) is 5.63. The van der Waals surface area contributed by atoms with E-state index in [0.29, 0.717) is 13.0 Å². The Morgan fingerprint density at radius 2 is 1.80 bits per heavy atom. The minimum Gasteiger partial charge on any atom is -0.493 e. The van der Waals surface area contributed by atoms with E-state index < -0.39 is 0 Å². The molecule has 0 fully saturated rings. The highest BCUT2D eigenvalue weighted by Gasteiger charge is 2.11. The molecule has 3 nitrogen and oxygen atoms in total. The first-order chi connectivity index (χ1) is 9.33. The summed E-state index contributed by atoms with van der Waals surface area (Å²) in [5.74, 6) is 0.961. The maximum Gasteiger partial charge on any atom is 0.125 e. The molecule has 0 saturated heterocycles. The molecular formula is C17H26N2O. The number of ether oxygens (including phenoxy) is 1. The smallest absolute Gasteiger partial charge is 0.125 e. The summed E-state index contributed by atoms with van der Waals surface area (Å²) < 4.78 is 5.80. The molecule has 0 aliphatic rings. The molecule has 0 spiro atoms. The summed E-state index contributed by atoms with van der Waals surface area (Å²) in [6.07, 6.45) is 1.33. The van der Waals surface area contributed by atoms with Gasteiger partial charge in [-0.1, -0.05) is 12.1 Å². The van der Waals surface area contributed by atoms with E-state index in [4.69, 9.17) is 10.00 Å². The van der Waals surface area contributed by atoms with Crippen LogP contribution in [0.5, 0.6) is 5.75 Å². The van der Waals surface area contributed by atoms with E-state index in [1.807, 2.05) is 0 Å². The van der Waals surface area contributed by atoms with Crippen molar-refractivity contribution in [3.05, 3.63) is 28.8 Å². The zero-order valence-corrected chi connectivity index (χ0v) is 13.3. The van der Waals surface area contributed by atoms with Gasteiger partial charge in [0.1, 0.15) is 5.75 Å². The Labute approximate surface area is 123 Å². The molecule has 0 radical (unpaired) electrons. The monoisotopic (exact) mass is 274 g/mol. The van der Waals surface area contributed by atoms with Gasteiger partial charge in [0.05, 0.1) is 12.7 Å². The van der Waals surface area contributed by atoms with Gasteiger partial charge in [0, 0.05) is 18.5 Å². The summed E-state index contributed by atoms with van der Waals surface area (Å²) in [5.41, 5.74) is 3.72. The Morgan fingerprint density at radius 3 is 2.30 bits per heavy atom. The molecule has 0 amide bonds. The van der Waals surface area contributed by atoms with Gasteiger partial charge in [0.2, 0.25) is 0 Å². The van der Waals surface area contributed by atoms with Crippen molar-refractivity contribution in [1.29, 1.82) is 5.26 Å². The molecule has 0 aliphatic heterocycles. The molecule has 1 aromatic rings. The molecule has 1 rings (SSSR count). The van der Waals surface area contributed by atoms with E-state index in [1.165, 1.54) is 5.56 Å². The third-order valence-electron chi connectivity index (χ3n) is 3.02. The summed E-state index contributed by atoms with van der Waals surface area (Å²) in [5, 5.41) is 12.0. The molecule has 20 heavy (non-hydrogen) atoms. The topological polar surface area (TPSA) is 45.0 Å². The van der Waals surface area contributed by atoms with E-state index in [1.54, 1.807) is 0 Å². The van der Waals surface area contributed by atoms with Crippen LogP contribution in [0, 0.1) is 25.2 Å². The maximum absolute atomic E-state index is 8.52. The second kappa shape index (κ2) is 7.31. The fraction of sp³-hybridized carbons (Fsp3) is 0.588. The summed E-state index contributed by atoms with van der Waals surface area (Å²) in [7, 11) is 0. The molecule has 1 N–H and O–H groups in total. The van der Waals surface area contributed by atoms with Crippen molar-refractivity contribution in [2.24, 2.45) is 0 Å². The van der Waals surface area contributed by atoms with Gasteiger partial charge in [0.25, 0.3) is 0 Å². The SMILES string of the molecule is Cc1cc(CNC(C)(C)C)cc(C)c1OCCCC#N. The first kappa shape index (κ1) is 16.5. The first-order valence-corrected chi connectivity index (χ1v) is 7.18. The van der Waals surface area contributed by atoms with Crippen LogP contribution in [0.3, 0.4) is 0 Å².